The third-order valence-corrected chi connectivity index (χ3v) is 3.87. The van der Waals surface area contributed by atoms with Gasteiger partial charge in [0.15, 0.2) is 5.69 Å². The van der Waals surface area contributed by atoms with Crippen LogP contribution in [0.2, 0.25) is 0 Å². The number of hydrogen-bond donors (Lipinski definition) is 1. The molecular formula is C15H17N3O2. The third kappa shape index (κ3) is 2.19. The molecule has 3 rings (SSSR count). The van der Waals surface area contributed by atoms with E-state index in [9.17, 15) is 9.59 Å². The fourth-order valence-corrected chi connectivity index (χ4v) is 2.80. The van der Waals surface area contributed by atoms with Crippen LogP contribution in [0.3, 0.4) is 0 Å². The summed E-state index contributed by atoms with van der Waals surface area (Å²) in [7, 11) is 1.74. The van der Waals surface area contributed by atoms with Crippen molar-refractivity contribution in [3.63, 3.8) is 0 Å². The molecule has 0 saturated heterocycles. The van der Waals surface area contributed by atoms with Crippen LogP contribution in [0.25, 0.3) is 10.9 Å². The SMILES string of the molecule is Cn1nc(C(=O)NC2CCCC2)c(=O)c2ccccc21. The molecule has 20 heavy (non-hydrogen) atoms. The highest BCUT2D eigenvalue weighted by Crippen LogP contribution is 2.18. The average molecular weight is 271 g/mol. The van der Waals surface area contributed by atoms with Crippen LogP contribution >= 0.6 is 0 Å². The van der Waals surface area contributed by atoms with Gasteiger partial charge < -0.3 is 5.32 Å². The van der Waals surface area contributed by atoms with Crippen molar-refractivity contribution in [1.82, 2.24) is 15.1 Å². The Morgan fingerprint density at radius 2 is 2.00 bits per heavy atom. The van der Waals surface area contributed by atoms with E-state index in [0.717, 1.165) is 31.2 Å². The van der Waals surface area contributed by atoms with Crippen LogP contribution in [-0.4, -0.2) is 21.7 Å². The molecule has 0 radical (unpaired) electrons. The van der Waals surface area contributed by atoms with Crippen molar-refractivity contribution in [2.75, 3.05) is 0 Å². The van der Waals surface area contributed by atoms with Gasteiger partial charge in [0.1, 0.15) is 0 Å². The molecule has 0 bridgehead atoms. The van der Waals surface area contributed by atoms with Crippen LogP contribution in [0.15, 0.2) is 29.1 Å². The number of carbonyl (C=O) groups excluding carboxylic acids is 1. The number of rotatable bonds is 2. The van der Waals surface area contributed by atoms with Gasteiger partial charge in [0.25, 0.3) is 5.91 Å². The predicted molar refractivity (Wildman–Crippen MR) is 76.7 cm³/mol. The zero-order chi connectivity index (χ0) is 14.1. The Morgan fingerprint density at radius 3 is 2.75 bits per heavy atom. The summed E-state index contributed by atoms with van der Waals surface area (Å²) in [6.45, 7) is 0. The van der Waals surface area contributed by atoms with Gasteiger partial charge in [-0.05, 0) is 25.0 Å². The van der Waals surface area contributed by atoms with E-state index in [0.29, 0.717) is 5.39 Å². The van der Waals surface area contributed by atoms with Crippen LogP contribution in [0.4, 0.5) is 0 Å². The first-order valence-corrected chi connectivity index (χ1v) is 6.94. The number of aromatic nitrogens is 2. The van der Waals surface area contributed by atoms with Gasteiger partial charge in [0, 0.05) is 18.5 Å². The standard InChI is InChI=1S/C15H17N3O2/c1-18-12-9-5-4-8-11(12)14(19)13(17-18)15(20)16-10-6-2-3-7-10/h4-5,8-10H,2-3,6-7H2,1H3,(H,16,20). The highest BCUT2D eigenvalue weighted by Gasteiger charge is 2.21. The van der Waals surface area contributed by atoms with Gasteiger partial charge in [-0.3, -0.25) is 14.3 Å². The smallest absolute Gasteiger partial charge is 0.276 e. The molecule has 1 saturated carbocycles. The molecule has 1 amide bonds. The van der Waals surface area contributed by atoms with Gasteiger partial charge in [0.05, 0.1) is 5.52 Å². The molecule has 0 aliphatic heterocycles. The number of fused-ring (bicyclic) bond motifs is 1. The van der Waals surface area contributed by atoms with Gasteiger partial charge in [-0.25, -0.2) is 0 Å². The maximum atomic E-state index is 12.4. The number of nitrogens with zero attached hydrogens (tertiary/aromatic N) is 2. The molecule has 1 N–H and O–H groups in total. The Bertz CT molecular complexity index is 715. The van der Waals surface area contributed by atoms with E-state index < -0.39 is 0 Å². The summed E-state index contributed by atoms with van der Waals surface area (Å²) in [5.41, 5.74) is 0.419. The van der Waals surface area contributed by atoms with E-state index in [1.165, 1.54) is 0 Å². The van der Waals surface area contributed by atoms with E-state index in [1.807, 2.05) is 12.1 Å². The molecule has 2 aromatic rings. The Balaban J connectivity index is 2.01. The highest BCUT2D eigenvalue weighted by atomic mass is 16.2. The van der Waals surface area contributed by atoms with Gasteiger partial charge in [-0.15, -0.1) is 0 Å². The molecule has 0 atom stereocenters. The van der Waals surface area contributed by atoms with Crippen molar-refractivity contribution < 1.29 is 4.79 Å². The minimum atomic E-state index is -0.358. The molecule has 5 heteroatoms. The fourth-order valence-electron chi connectivity index (χ4n) is 2.80. The number of carbonyl (C=O) groups is 1. The zero-order valence-corrected chi connectivity index (χ0v) is 11.4. The van der Waals surface area contributed by atoms with Gasteiger partial charge in [0.2, 0.25) is 5.43 Å². The Kier molecular flexibility index (Phi) is 3.26. The molecule has 0 unspecified atom stereocenters. The number of nitrogens with one attached hydrogen (secondary N) is 1. The summed E-state index contributed by atoms with van der Waals surface area (Å²) in [4.78, 5) is 24.6. The first-order chi connectivity index (χ1) is 9.66. The number of hydrogen-bond acceptors (Lipinski definition) is 3. The largest absolute Gasteiger partial charge is 0.348 e. The van der Waals surface area contributed by atoms with Crippen molar-refractivity contribution in [1.29, 1.82) is 0 Å². The normalized spacial score (nSPS) is 15.7. The van der Waals surface area contributed by atoms with Crippen molar-refractivity contribution in [3.05, 3.63) is 40.2 Å². The maximum absolute atomic E-state index is 12.4. The Morgan fingerprint density at radius 1 is 1.30 bits per heavy atom. The van der Waals surface area contributed by atoms with Crippen molar-refractivity contribution in [2.24, 2.45) is 7.05 Å². The second kappa shape index (κ2) is 5.07. The van der Waals surface area contributed by atoms with Crippen LogP contribution in [-0.2, 0) is 7.05 Å². The first kappa shape index (κ1) is 12.8. The van der Waals surface area contributed by atoms with E-state index in [4.69, 9.17) is 0 Å². The number of para-hydroxylation sites is 1. The quantitative estimate of drug-likeness (QED) is 0.902. The summed E-state index contributed by atoms with van der Waals surface area (Å²) in [5.74, 6) is -0.358. The van der Waals surface area contributed by atoms with E-state index in [1.54, 1.807) is 23.9 Å². The molecular weight excluding hydrogens is 254 g/mol. The fraction of sp³-hybridized carbons (Fsp3) is 0.400. The molecule has 1 aliphatic rings. The molecule has 0 spiro atoms. The average Bonchev–Trinajstić information content (AvgIpc) is 2.95. The summed E-state index contributed by atoms with van der Waals surface area (Å²) in [5, 5.41) is 7.58. The number of benzene rings is 1. The zero-order valence-electron chi connectivity index (χ0n) is 11.4. The monoisotopic (exact) mass is 271 g/mol. The summed E-state index contributed by atoms with van der Waals surface area (Å²) in [6, 6.07) is 7.37. The Hall–Kier alpha value is -2.17. The van der Waals surface area contributed by atoms with Crippen LogP contribution < -0.4 is 10.7 Å². The lowest BCUT2D eigenvalue weighted by atomic mass is 10.2. The topological polar surface area (TPSA) is 64.0 Å². The van der Waals surface area contributed by atoms with Crippen LogP contribution in [0, 0.1) is 0 Å². The lowest BCUT2D eigenvalue weighted by molar-refractivity contribution is 0.0930. The van der Waals surface area contributed by atoms with Gasteiger partial charge in [-0.2, -0.15) is 5.10 Å². The van der Waals surface area contributed by atoms with Gasteiger partial charge >= 0.3 is 0 Å². The van der Waals surface area contributed by atoms with Crippen molar-refractivity contribution in [3.8, 4) is 0 Å². The van der Waals surface area contributed by atoms with Crippen LogP contribution in [0.5, 0.6) is 0 Å². The minimum Gasteiger partial charge on any atom is -0.348 e. The minimum absolute atomic E-state index is 0.0156. The summed E-state index contributed by atoms with van der Waals surface area (Å²) < 4.78 is 1.58. The summed E-state index contributed by atoms with van der Waals surface area (Å²) in [6.07, 6.45) is 4.24. The molecule has 5 nitrogen and oxygen atoms in total. The first-order valence-electron chi connectivity index (χ1n) is 6.94. The second-order valence-electron chi connectivity index (χ2n) is 5.27. The maximum Gasteiger partial charge on any atom is 0.276 e. The molecule has 1 aromatic carbocycles. The molecule has 1 aromatic heterocycles. The van der Waals surface area contributed by atoms with E-state index >= 15 is 0 Å². The number of aryl methyl sites for hydroxylation is 1. The lowest BCUT2D eigenvalue weighted by Crippen LogP contribution is -2.37. The molecule has 1 fully saturated rings. The number of amides is 1. The van der Waals surface area contributed by atoms with Gasteiger partial charge in [-0.1, -0.05) is 25.0 Å². The summed E-state index contributed by atoms with van der Waals surface area (Å²) >= 11 is 0. The van der Waals surface area contributed by atoms with Crippen molar-refractivity contribution in [2.45, 2.75) is 31.7 Å². The molecule has 104 valence electrons. The van der Waals surface area contributed by atoms with Crippen LogP contribution in [0.1, 0.15) is 36.2 Å². The third-order valence-electron chi connectivity index (χ3n) is 3.87. The Labute approximate surface area is 116 Å². The lowest BCUT2D eigenvalue weighted by Gasteiger charge is -2.12. The highest BCUT2D eigenvalue weighted by molar-refractivity contribution is 5.95. The van der Waals surface area contributed by atoms with Crippen molar-refractivity contribution >= 4 is 16.8 Å². The molecule has 1 heterocycles. The molecule has 1 aliphatic carbocycles. The predicted octanol–water partition coefficient (Wildman–Crippen LogP) is 1.61. The van der Waals surface area contributed by atoms with E-state index in [2.05, 4.69) is 10.4 Å². The van der Waals surface area contributed by atoms with E-state index in [-0.39, 0.29) is 23.1 Å². The second-order valence-corrected chi connectivity index (χ2v) is 5.27.